The third kappa shape index (κ3) is 3.99. The molecule has 72 valence electrons. The predicted octanol–water partition coefficient (Wildman–Crippen LogP) is -0.411. The molecule has 0 bridgehead atoms. The van der Waals surface area contributed by atoms with Gasteiger partial charge in [0.25, 0.3) is 0 Å². The standard InChI is InChI=1S/C8H12O4Si/c1-5-13(11-4)12-8(6(2)9)7(3)10/h1,8,13H,2-4H3. The second-order valence-corrected chi connectivity index (χ2v) is 4.21. The minimum Gasteiger partial charge on any atom is -0.391 e. The lowest BCUT2D eigenvalue weighted by Crippen LogP contribution is -2.36. The molecule has 13 heavy (non-hydrogen) atoms. The van der Waals surface area contributed by atoms with Gasteiger partial charge in [0.1, 0.15) is 0 Å². The normalized spacial score (nSPS) is 12.2. The first kappa shape index (κ1) is 12.0. The molecule has 0 aromatic rings. The number of hydrogen-bond acceptors (Lipinski definition) is 4. The van der Waals surface area contributed by atoms with Crippen molar-refractivity contribution in [3.63, 3.8) is 0 Å². The summed E-state index contributed by atoms with van der Waals surface area (Å²) in [6.07, 6.45) is 4.01. The van der Waals surface area contributed by atoms with E-state index in [0.29, 0.717) is 0 Å². The van der Waals surface area contributed by atoms with Crippen LogP contribution in [0.5, 0.6) is 0 Å². The molecule has 0 aliphatic heterocycles. The van der Waals surface area contributed by atoms with Gasteiger partial charge in [-0.3, -0.25) is 9.59 Å². The first-order valence-corrected chi connectivity index (χ1v) is 5.20. The molecule has 0 heterocycles. The van der Waals surface area contributed by atoms with Gasteiger partial charge in [-0.05, 0) is 13.8 Å². The van der Waals surface area contributed by atoms with E-state index in [2.05, 4.69) is 5.54 Å². The fourth-order valence-corrected chi connectivity index (χ4v) is 1.72. The zero-order valence-electron chi connectivity index (χ0n) is 7.87. The van der Waals surface area contributed by atoms with E-state index in [1.165, 1.54) is 21.0 Å². The topological polar surface area (TPSA) is 52.6 Å². The van der Waals surface area contributed by atoms with E-state index in [0.717, 1.165) is 0 Å². The van der Waals surface area contributed by atoms with Crippen LogP contribution in [0.2, 0.25) is 0 Å². The van der Waals surface area contributed by atoms with Crippen molar-refractivity contribution in [1.29, 1.82) is 0 Å². The van der Waals surface area contributed by atoms with Gasteiger partial charge in [0.2, 0.25) is 0 Å². The van der Waals surface area contributed by atoms with E-state index in [9.17, 15) is 9.59 Å². The predicted molar refractivity (Wildman–Crippen MR) is 49.2 cm³/mol. The summed E-state index contributed by atoms with van der Waals surface area (Å²) in [6, 6.07) is 0. The van der Waals surface area contributed by atoms with Gasteiger partial charge in [0.05, 0.1) is 0 Å². The number of hydrogen-bond donors (Lipinski definition) is 0. The van der Waals surface area contributed by atoms with Crippen LogP contribution in [0.1, 0.15) is 13.8 Å². The highest BCUT2D eigenvalue weighted by atomic mass is 28.3. The fraction of sp³-hybridized carbons (Fsp3) is 0.500. The maximum absolute atomic E-state index is 10.9. The van der Waals surface area contributed by atoms with E-state index in [-0.39, 0.29) is 11.6 Å². The van der Waals surface area contributed by atoms with Crippen LogP contribution in [-0.2, 0) is 18.4 Å². The number of terminal acetylenes is 1. The van der Waals surface area contributed by atoms with Crippen LogP contribution < -0.4 is 0 Å². The van der Waals surface area contributed by atoms with Crippen molar-refractivity contribution in [2.24, 2.45) is 0 Å². The van der Waals surface area contributed by atoms with Crippen molar-refractivity contribution in [2.45, 2.75) is 20.0 Å². The molecule has 0 aliphatic rings. The van der Waals surface area contributed by atoms with Crippen molar-refractivity contribution in [1.82, 2.24) is 0 Å². The molecule has 1 unspecified atom stereocenters. The van der Waals surface area contributed by atoms with E-state index < -0.39 is 15.4 Å². The third-order valence-electron chi connectivity index (χ3n) is 1.35. The van der Waals surface area contributed by atoms with Crippen LogP contribution in [0.3, 0.4) is 0 Å². The lowest BCUT2D eigenvalue weighted by molar-refractivity contribution is -0.135. The van der Waals surface area contributed by atoms with Crippen molar-refractivity contribution in [2.75, 3.05) is 7.11 Å². The Kier molecular flexibility index (Phi) is 5.22. The molecule has 0 amide bonds. The van der Waals surface area contributed by atoms with E-state index >= 15 is 0 Å². The van der Waals surface area contributed by atoms with E-state index in [1.54, 1.807) is 0 Å². The lowest BCUT2D eigenvalue weighted by Gasteiger charge is -2.14. The maximum Gasteiger partial charge on any atom is 0.407 e. The molecule has 0 aromatic carbocycles. The van der Waals surface area contributed by atoms with Gasteiger partial charge in [-0.2, -0.15) is 0 Å². The summed E-state index contributed by atoms with van der Waals surface area (Å²) in [4.78, 5) is 21.8. The Morgan fingerprint density at radius 3 is 2.08 bits per heavy atom. The maximum atomic E-state index is 10.9. The quantitative estimate of drug-likeness (QED) is 0.344. The molecular weight excluding hydrogens is 188 g/mol. The van der Waals surface area contributed by atoms with Gasteiger partial charge in [-0.25, -0.2) is 0 Å². The molecule has 0 saturated carbocycles. The molecule has 0 spiro atoms. The van der Waals surface area contributed by atoms with Crippen LogP contribution in [0.4, 0.5) is 0 Å². The Morgan fingerprint density at radius 2 is 1.85 bits per heavy atom. The Balaban J connectivity index is 4.35. The third-order valence-corrected chi connectivity index (χ3v) is 2.57. The zero-order valence-corrected chi connectivity index (χ0v) is 9.02. The summed E-state index contributed by atoms with van der Waals surface area (Å²) in [6.45, 7) is 2.56. The number of carbonyl (C=O) groups excluding carboxylic acids is 2. The van der Waals surface area contributed by atoms with Gasteiger partial charge in [0.15, 0.2) is 17.7 Å². The monoisotopic (exact) mass is 200 g/mol. The van der Waals surface area contributed by atoms with Gasteiger partial charge in [-0.1, -0.05) is 5.54 Å². The van der Waals surface area contributed by atoms with Crippen molar-refractivity contribution < 1.29 is 18.4 Å². The van der Waals surface area contributed by atoms with Gasteiger partial charge in [0, 0.05) is 7.11 Å². The average molecular weight is 200 g/mol. The summed E-state index contributed by atoms with van der Waals surface area (Å²) in [5.74, 6) is -0.699. The highest BCUT2D eigenvalue weighted by molar-refractivity contribution is 6.54. The van der Waals surface area contributed by atoms with E-state index in [4.69, 9.17) is 15.3 Å². The number of rotatable bonds is 5. The van der Waals surface area contributed by atoms with Crippen LogP contribution in [-0.4, -0.2) is 34.1 Å². The van der Waals surface area contributed by atoms with Crippen molar-refractivity contribution >= 4 is 20.9 Å². The van der Waals surface area contributed by atoms with Crippen LogP contribution >= 0.6 is 0 Å². The summed E-state index contributed by atoms with van der Waals surface area (Å²) in [7, 11) is -0.879. The molecule has 5 heteroatoms. The summed E-state index contributed by atoms with van der Waals surface area (Å²) < 4.78 is 9.86. The van der Waals surface area contributed by atoms with Gasteiger partial charge < -0.3 is 8.85 Å². The van der Waals surface area contributed by atoms with E-state index in [1.807, 2.05) is 0 Å². The molecule has 0 aromatic heterocycles. The Morgan fingerprint density at radius 1 is 1.38 bits per heavy atom. The Bertz CT molecular complexity index is 229. The molecule has 4 nitrogen and oxygen atoms in total. The van der Waals surface area contributed by atoms with Crippen LogP contribution in [0.25, 0.3) is 0 Å². The molecule has 1 atom stereocenters. The van der Waals surface area contributed by atoms with Crippen LogP contribution in [0.15, 0.2) is 0 Å². The first-order valence-electron chi connectivity index (χ1n) is 3.68. The number of Topliss-reactive ketones (excluding diaryl/α,β-unsaturated/α-hetero) is 2. The van der Waals surface area contributed by atoms with Gasteiger partial charge in [-0.15, -0.1) is 6.42 Å². The summed E-state index contributed by atoms with van der Waals surface area (Å²) in [5, 5.41) is 0. The minimum atomic E-state index is -2.28. The molecule has 0 rings (SSSR count). The van der Waals surface area contributed by atoms with Crippen molar-refractivity contribution in [3.8, 4) is 12.0 Å². The molecule has 0 saturated heterocycles. The number of ketones is 2. The number of carbonyl (C=O) groups is 2. The molecule has 0 aliphatic carbocycles. The minimum absolute atomic E-state index is 0.350. The summed E-state index contributed by atoms with van der Waals surface area (Å²) >= 11 is 0. The van der Waals surface area contributed by atoms with Crippen LogP contribution in [0, 0.1) is 12.0 Å². The van der Waals surface area contributed by atoms with Gasteiger partial charge >= 0.3 is 9.28 Å². The molecular formula is C8H12O4Si. The molecule has 0 N–H and O–H groups in total. The lowest BCUT2D eigenvalue weighted by atomic mass is 10.2. The summed E-state index contributed by atoms with van der Waals surface area (Å²) in [5.41, 5.74) is 2.28. The molecule has 0 fully saturated rings. The van der Waals surface area contributed by atoms with Crippen molar-refractivity contribution in [3.05, 3.63) is 0 Å². The smallest absolute Gasteiger partial charge is 0.391 e. The second kappa shape index (κ2) is 5.64. The Labute approximate surface area is 79.1 Å². The molecule has 0 radical (unpaired) electrons. The highest BCUT2D eigenvalue weighted by Gasteiger charge is 2.24. The SMILES string of the molecule is C#C[SiH](OC)OC(C(C)=O)C(C)=O. The first-order chi connectivity index (χ1) is 6.02. The highest BCUT2D eigenvalue weighted by Crippen LogP contribution is 1.99. The Hall–Kier alpha value is -0.963. The zero-order chi connectivity index (χ0) is 10.4. The second-order valence-electron chi connectivity index (χ2n) is 2.47. The fourth-order valence-electron chi connectivity index (χ4n) is 0.764. The largest absolute Gasteiger partial charge is 0.407 e. The average Bonchev–Trinajstić information content (AvgIpc) is 2.05.